The van der Waals surface area contributed by atoms with Gasteiger partial charge in [0.15, 0.2) is 0 Å². The van der Waals surface area contributed by atoms with Crippen LogP contribution < -0.4 is 5.43 Å². The third-order valence-corrected chi connectivity index (χ3v) is 2.13. The molecule has 0 aromatic rings. The number of hydrogen-bond donors (Lipinski definition) is 1. The summed E-state index contributed by atoms with van der Waals surface area (Å²) in [6, 6.07) is 0. The van der Waals surface area contributed by atoms with Crippen molar-refractivity contribution in [1.29, 1.82) is 0 Å². The molecule has 0 radical (unpaired) electrons. The van der Waals surface area contributed by atoms with Crippen LogP contribution in [0.25, 0.3) is 0 Å². The van der Waals surface area contributed by atoms with Crippen molar-refractivity contribution in [3.8, 4) is 0 Å². The second-order valence-electron chi connectivity index (χ2n) is 3.66. The predicted octanol–water partition coefficient (Wildman–Crippen LogP) is 1.54. The molecule has 0 unspecified atom stereocenters. The van der Waals surface area contributed by atoms with Crippen LogP contribution in [0.1, 0.15) is 33.6 Å². The molecule has 0 aliphatic heterocycles. The molecule has 0 aromatic carbocycles. The number of amides is 1. The molecular formula is C9H16N2O. The number of carbonyl (C=O) groups excluding carboxylic acids is 1. The van der Waals surface area contributed by atoms with Gasteiger partial charge in [-0.05, 0) is 25.7 Å². The SMILES string of the molecule is C/C(=N\NC(=O)C1CC1)C(C)C. The lowest BCUT2D eigenvalue weighted by Crippen LogP contribution is -2.21. The Labute approximate surface area is 73.2 Å². The minimum Gasteiger partial charge on any atom is -0.273 e. The predicted molar refractivity (Wildman–Crippen MR) is 48.8 cm³/mol. The smallest absolute Gasteiger partial charge is 0.243 e. The van der Waals surface area contributed by atoms with Crippen LogP contribution in [-0.4, -0.2) is 11.6 Å². The van der Waals surface area contributed by atoms with Crippen LogP contribution in [0.3, 0.4) is 0 Å². The summed E-state index contributed by atoms with van der Waals surface area (Å²) in [6.45, 7) is 6.04. The summed E-state index contributed by atoms with van der Waals surface area (Å²) in [5.41, 5.74) is 3.55. The molecule has 0 spiro atoms. The molecule has 1 fully saturated rings. The molecule has 0 atom stereocenters. The van der Waals surface area contributed by atoms with Gasteiger partial charge in [-0.15, -0.1) is 0 Å². The third-order valence-electron chi connectivity index (χ3n) is 2.13. The Bertz CT molecular complexity index is 205. The number of carbonyl (C=O) groups is 1. The Morgan fingerprint density at radius 1 is 1.50 bits per heavy atom. The van der Waals surface area contributed by atoms with Gasteiger partial charge in [-0.25, -0.2) is 5.43 Å². The van der Waals surface area contributed by atoms with Gasteiger partial charge in [0.05, 0.1) is 0 Å². The van der Waals surface area contributed by atoms with Crippen LogP contribution >= 0.6 is 0 Å². The maximum atomic E-state index is 11.1. The minimum atomic E-state index is 0.0787. The van der Waals surface area contributed by atoms with Gasteiger partial charge < -0.3 is 0 Å². The fourth-order valence-corrected chi connectivity index (χ4v) is 0.709. The Kier molecular flexibility index (Phi) is 2.84. The first kappa shape index (κ1) is 9.23. The van der Waals surface area contributed by atoms with E-state index in [4.69, 9.17) is 0 Å². The monoisotopic (exact) mass is 168 g/mol. The number of nitrogens with one attached hydrogen (secondary N) is 1. The zero-order valence-electron chi connectivity index (χ0n) is 7.92. The Morgan fingerprint density at radius 3 is 2.50 bits per heavy atom. The standard InChI is InChI=1S/C9H16N2O/c1-6(2)7(3)10-11-9(12)8-4-5-8/h6,8H,4-5H2,1-3H3,(H,11,12)/b10-7+. The van der Waals surface area contributed by atoms with E-state index in [1.807, 2.05) is 6.92 Å². The van der Waals surface area contributed by atoms with Crippen molar-refractivity contribution in [3.05, 3.63) is 0 Å². The fourth-order valence-electron chi connectivity index (χ4n) is 0.709. The molecule has 0 saturated heterocycles. The summed E-state index contributed by atoms with van der Waals surface area (Å²) in [5.74, 6) is 0.730. The van der Waals surface area contributed by atoms with Crippen LogP contribution in [0.5, 0.6) is 0 Å². The van der Waals surface area contributed by atoms with Crippen LogP contribution in [0.2, 0.25) is 0 Å². The molecule has 3 heteroatoms. The first-order valence-corrected chi connectivity index (χ1v) is 4.45. The maximum absolute atomic E-state index is 11.1. The van der Waals surface area contributed by atoms with E-state index in [9.17, 15) is 4.79 Å². The molecule has 12 heavy (non-hydrogen) atoms. The Balaban J connectivity index is 2.31. The molecule has 1 aliphatic rings. The van der Waals surface area contributed by atoms with E-state index in [1.165, 1.54) is 0 Å². The van der Waals surface area contributed by atoms with Crippen molar-refractivity contribution in [3.63, 3.8) is 0 Å². The van der Waals surface area contributed by atoms with Crippen molar-refractivity contribution in [2.24, 2.45) is 16.9 Å². The third kappa shape index (κ3) is 2.64. The van der Waals surface area contributed by atoms with Gasteiger partial charge in [-0.1, -0.05) is 13.8 Å². The first-order valence-electron chi connectivity index (χ1n) is 4.45. The van der Waals surface area contributed by atoms with E-state index in [0.717, 1.165) is 18.6 Å². The van der Waals surface area contributed by atoms with Crippen LogP contribution in [-0.2, 0) is 4.79 Å². The van der Waals surface area contributed by atoms with Gasteiger partial charge in [0, 0.05) is 11.6 Å². The number of rotatable bonds is 3. The van der Waals surface area contributed by atoms with E-state index < -0.39 is 0 Å². The molecule has 0 aromatic heterocycles. The highest BCUT2D eigenvalue weighted by molar-refractivity contribution is 5.86. The molecule has 68 valence electrons. The summed E-state index contributed by atoms with van der Waals surface area (Å²) in [7, 11) is 0. The van der Waals surface area contributed by atoms with Gasteiger partial charge >= 0.3 is 0 Å². The Hall–Kier alpha value is -0.860. The topological polar surface area (TPSA) is 41.5 Å². The van der Waals surface area contributed by atoms with E-state index in [-0.39, 0.29) is 11.8 Å². The fraction of sp³-hybridized carbons (Fsp3) is 0.778. The summed E-state index contributed by atoms with van der Waals surface area (Å²) in [4.78, 5) is 11.1. The molecule has 3 nitrogen and oxygen atoms in total. The van der Waals surface area contributed by atoms with Crippen molar-refractivity contribution < 1.29 is 4.79 Å². The summed E-state index contributed by atoms with van der Waals surface area (Å²) in [5, 5.41) is 4.00. The highest BCUT2D eigenvalue weighted by Crippen LogP contribution is 2.28. The van der Waals surface area contributed by atoms with E-state index in [2.05, 4.69) is 24.4 Å². The van der Waals surface area contributed by atoms with E-state index in [0.29, 0.717) is 5.92 Å². The van der Waals surface area contributed by atoms with Crippen molar-refractivity contribution in [2.75, 3.05) is 0 Å². The zero-order chi connectivity index (χ0) is 9.14. The molecule has 1 saturated carbocycles. The van der Waals surface area contributed by atoms with Crippen LogP contribution in [0.4, 0.5) is 0 Å². The molecule has 1 N–H and O–H groups in total. The lowest BCUT2D eigenvalue weighted by molar-refractivity contribution is -0.122. The zero-order valence-corrected chi connectivity index (χ0v) is 7.92. The average Bonchev–Trinajstić information content (AvgIpc) is 2.81. The van der Waals surface area contributed by atoms with E-state index in [1.54, 1.807) is 0 Å². The van der Waals surface area contributed by atoms with Crippen LogP contribution in [0.15, 0.2) is 5.10 Å². The lowest BCUT2D eigenvalue weighted by Gasteiger charge is -2.03. The summed E-state index contributed by atoms with van der Waals surface area (Å²) < 4.78 is 0. The molecular weight excluding hydrogens is 152 g/mol. The largest absolute Gasteiger partial charge is 0.273 e. The maximum Gasteiger partial charge on any atom is 0.243 e. The van der Waals surface area contributed by atoms with E-state index >= 15 is 0 Å². The number of nitrogens with zero attached hydrogens (tertiary/aromatic N) is 1. The van der Waals surface area contributed by atoms with Crippen molar-refractivity contribution in [2.45, 2.75) is 33.6 Å². The quantitative estimate of drug-likeness (QED) is 0.504. The molecule has 0 bridgehead atoms. The molecule has 1 aliphatic carbocycles. The van der Waals surface area contributed by atoms with Crippen molar-refractivity contribution >= 4 is 11.6 Å². The van der Waals surface area contributed by atoms with Gasteiger partial charge in [0.25, 0.3) is 0 Å². The molecule has 1 amide bonds. The van der Waals surface area contributed by atoms with Gasteiger partial charge in [0.2, 0.25) is 5.91 Å². The Morgan fingerprint density at radius 2 is 2.08 bits per heavy atom. The number of hydrogen-bond acceptors (Lipinski definition) is 2. The highest BCUT2D eigenvalue weighted by Gasteiger charge is 2.29. The second-order valence-corrected chi connectivity index (χ2v) is 3.66. The average molecular weight is 168 g/mol. The highest BCUT2D eigenvalue weighted by atomic mass is 16.2. The number of hydrazone groups is 1. The van der Waals surface area contributed by atoms with Crippen LogP contribution in [0, 0.1) is 11.8 Å². The van der Waals surface area contributed by atoms with Gasteiger partial charge in [-0.2, -0.15) is 5.10 Å². The van der Waals surface area contributed by atoms with Crippen molar-refractivity contribution in [1.82, 2.24) is 5.43 Å². The summed E-state index contributed by atoms with van der Waals surface area (Å²) >= 11 is 0. The first-order chi connectivity index (χ1) is 5.61. The summed E-state index contributed by atoms with van der Waals surface area (Å²) in [6.07, 6.45) is 2.06. The lowest BCUT2D eigenvalue weighted by atomic mass is 10.1. The normalized spacial score (nSPS) is 18.2. The van der Waals surface area contributed by atoms with Gasteiger partial charge in [-0.3, -0.25) is 4.79 Å². The second kappa shape index (κ2) is 3.70. The molecule has 1 rings (SSSR count). The van der Waals surface area contributed by atoms with Gasteiger partial charge in [0.1, 0.15) is 0 Å². The molecule has 0 heterocycles. The minimum absolute atomic E-state index is 0.0787.